The van der Waals surface area contributed by atoms with Crippen LogP contribution in [0.4, 0.5) is 0 Å². The zero-order valence-corrected chi connectivity index (χ0v) is 11.3. The number of aryl methyl sites for hydroxylation is 1. The molecular formula is C14H18N2OS. The Balaban J connectivity index is 1.93. The van der Waals surface area contributed by atoms with Crippen LogP contribution in [-0.4, -0.2) is 16.9 Å². The molecule has 1 aliphatic rings. The molecule has 1 saturated carbocycles. The fraction of sp³-hybridized carbons (Fsp3) is 0.429. The zero-order chi connectivity index (χ0) is 13.1. The summed E-state index contributed by atoms with van der Waals surface area (Å²) in [7, 11) is 0. The van der Waals surface area contributed by atoms with Gasteiger partial charge in [-0.1, -0.05) is 42.0 Å². The molecule has 0 heterocycles. The standard InChI is InChI=1S/C14H18N2OS/c1-9-3-2-4-10(7-9)8-12(17)16-13(14(15)18)11-5-6-11/h2-4,7,11,13H,5-6,8H2,1H3,(H2,15,18)(H,16,17). The number of amides is 1. The van der Waals surface area contributed by atoms with Crippen LogP contribution in [0, 0.1) is 12.8 Å². The second-order valence-corrected chi connectivity index (χ2v) is 5.42. The number of hydrogen-bond acceptors (Lipinski definition) is 2. The highest BCUT2D eigenvalue weighted by Crippen LogP contribution is 2.32. The maximum atomic E-state index is 11.9. The van der Waals surface area contributed by atoms with Crippen LogP contribution in [0.5, 0.6) is 0 Å². The summed E-state index contributed by atoms with van der Waals surface area (Å²) < 4.78 is 0. The summed E-state index contributed by atoms with van der Waals surface area (Å²) in [5, 5.41) is 2.94. The minimum atomic E-state index is -0.127. The van der Waals surface area contributed by atoms with Gasteiger partial charge in [0.2, 0.25) is 5.91 Å². The number of rotatable bonds is 5. The van der Waals surface area contributed by atoms with E-state index in [2.05, 4.69) is 5.32 Å². The number of carbonyl (C=O) groups excluding carboxylic acids is 1. The third kappa shape index (κ3) is 3.53. The van der Waals surface area contributed by atoms with Gasteiger partial charge in [0.15, 0.2) is 0 Å². The Bertz CT molecular complexity index is 469. The van der Waals surface area contributed by atoms with E-state index in [1.165, 1.54) is 0 Å². The highest BCUT2D eigenvalue weighted by Gasteiger charge is 2.33. The van der Waals surface area contributed by atoms with Crippen LogP contribution in [0.3, 0.4) is 0 Å². The van der Waals surface area contributed by atoms with E-state index < -0.39 is 0 Å². The third-order valence-electron chi connectivity index (χ3n) is 3.16. The first-order valence-electron chi connectivity index (χ1n) is 6.20. The molecule has 4 heteroatoms. The number of carbonyl (C=O) groups is 1. The predicted octanol–water partition coefficient (Wildman–Crippen LogP) is 1.72. The van der Waals surface area contributed by atoms with Crippen molar-refractivity contribution in [1.82, 2.24) is 5.32 Å². The molecule has 2 rings (SSSR count). The molecule has 0 aromatic heterocycles. The Morgan fingerprint density at radius 1 is 1.56 bits per heavy atom. The molecule has 3 nitrogen and oxygen atoms in total. The van der Waals surface area contributed by atoms with Crippen LogP contribution in [-0.2, 0) is 11.2 Å². The molecule has 0 spiro atoms. The molecular weight excluding hydrogens is 244 g/mol. The van der Waals surface area contributed by atoms with Crippen LogP contribution < -0.4 is 11.1 Å². The van der Waals surface area contributed by atoms with Crippen molar-refractivity contribution in [3.8, 4) is 0 Å². The van der Waals surface area contributed by atoms with Crippen LogP contribution >= 0.6 is 12.2 Å². The lowest BCUT2D eigenvalue weighted by Gasteiger charge is -2.16. The average Bonchev–Trinajstić information content (AvgIpc) is 3.09. The lowest BCUT2D eigenvalue weighted by molar-refractivity contribution is -0.120. The van der Waals surface area contributed by atoms with Gasteiger partial charge < -0.3 is 11.1 Å². The molecule has 18 heavy (non-hydrogen) atoms. The molecule has 0 saturated heterocycles. The van der Waals surface area contributed by atoms with E-state index in [0.29, 0.717) is 17.3 Å². The number of hydrogen-bond donors (Lipinski definition) is 2. The van der Waals surface area contributed by atoms with Gasteiger partial charge in [-0.25, -0.2) is 0 Å². The quantitative estimate of drug-likeness (QED) is 0.794. The summed E-state index contributed by atoms with van der Waals surface area (Å²) in [5.41, 5.74) is 7.84. The monoisotopic (exact) mass is 262 g/mol. The van der Waals surface area contributed by atoms with E-state index in [4.69, 9.17) is 18.0 Å². The highest BCUT2D eigenvalue weighted by atomic mass is 32.1. The maximum absolute atomic E-state index is 11.9. The zero-order valence-electron chi connectivity index (χ0n) is 10.5. The van der Waals surface area contributed by atoms with Gasteiger partial charge in [0.25, 0.3) is 0 Å². The Morgan fingerprint density at radius 3 is 2.83 bits per heavy atom. The second-order valence-electron chi connectivity index (χ2n) is 4.95. The van der Waals surface area contributed by atoms with E-state index in [9.17, 15) is 4.79 Å². The summed E-state index contributed by atoms with van der Waals surface area (Å²) in [4.78, 5) is 12.3. The molecule has 1 atom stereocenters. The fourth-order valence-corrected chi connectivity index (χ4v) is 2.33. The largest absolute Gasteiger partial charge is 0.392 e. The Hall–Kier alpha value is -1.42. The molecule has 1 amide bonds. The maximum Gasteiger partial charge on any atom is 0.224 e. The summed E-state index contributed by atoms with van der Waals surface area (Å²) in [6.45, 7) is 2.02. The van der Waals surface area contributed by atoms with Crippen molar-refractivity contribution in [3.63, 3.8) is 0 Å². The van der Waals surface area contributed by atoms with Crippen molar-refractivity contribution in [1.29, 1.82) is 0 Å². The summed E-state index contributed by atoms with van der Waals surface area (Å²) in [5.74, 6) is 0.439. The topological polar surface area (TPSA) is 55.1 Å². The van der Waals surface area contributed by atoms with Gasteiger partial charge in [0, 0.05) is 0 Å². The molecule has 96 valence electrons. The number of nitrogens with two attached hydrogens (primary N) is 1. The summed E-state index contributed by atoms with van der Waals surface area (Å²) in [6.07, 6.45) is 2.59. The van der Waals surface area contributed by atoms with Crippen molar-refractivity contribution in [2.75, 3.05) is 0 Å². The fourth-order valence-electron chi connectivity index (χ4n) is 2.08. The molecule has 1 aromatic carbocycles. The van der Waals surface area contributed by atoms with Gasteiger partial charge >= 0.3 is 0 Å². The van der Waals surface area contributed by atoms with E-state index >= 15 is 0 Å². The smallest absolute Gasteiger partial charge is 0.224 e. The Morgan fingerprint density at radius 2 is 2.28 bits per heavy atom. The van der Waals surface area contributed by atoms with Gasteiger partial charge in [-0.3, -0.25) is 4.79 Å². The lowest BCUT2D eigenvalue weighted by Crippen LogP contribution is -2.45. The molecule has 3 N–H and O–H groups in total. The molecule has 1 fully saturated rings. The molecule has 1 unspecified atom stereocenters. The first-order chi connectivity index (χ1) is 8.56. The van der Waals surface area contributed by atoms with E-state index in [0.717, 1.165) is 24.0 Å². The number of nitrogens with one attached hydrogen (secondary N) is 1. The summed E-state index contributed by atoms with van der Waals surface area (Å²) in [6, 6.07) is 7.83. The first kappa shape index (κ1) is 13.0. The van der Waals surface area contributed by atoms with Crippen molar-refractivity contribution >= 4 is 23.1 Å². The summed E-state index contributed by atoms with van der Waals surface area (Å²) >= 11 is 5.00. The van der Waals surface area contributed by atoms with E-state index in [1.807, 2.05) is 31.2 Å². The first-order valence-corrected chi connectivity index (χ1v) is 6.61. The van der Waals surface area contributed by atoms with Crippen molar-refractivity contribution < 1.29 is 4.79 Å². The van der Waals surface area contributed by atoms with Crippen molar-refractivity contribution in [2.24, 2.45) is 11.7 Å². The van der Waals surface area contributed by atoms with E-state index in [-0.39, 0.29) is 11.9 Å². The Kier molecular flexibility index (Phi) is 3.97. The van der Waals surface area contributed by atoms with Crippen molar-refractivity contribution in [2.45, 2.75) is 32.2 Å². The lowest BCUT2D eigenvalue weighted by atomic mass is 10.1. The third-order valence-corrected chi connectivity index (χ3v) is 3.42. The minimum Gasteiger partial charge on any atom is -0.392 e. The highest BCUT2D eigenvalue weighted by molar-refractivity contribution is 7.80. The molecule has 0 bridgehead atoms. The molecule has 0 radical (unpaired) electrons. The van der Waals surface area contributed by atoms with Crippen LogP contribution in [0.1, 0.15) is 24.0 Å². The van der Waals surface area contributed by atoms with Gasteiger partial charge in [0.05, 0.1) is 17.5 Å². The van der Waals surface area contributed by atoms with Gasteiger partial charge in [0.1, 0.15) is 0 Å². The number of thiocarbonyl (C=S) groups is 1. The van der Waals surface area contributed by atoms with Gasteiger partial charge in [-0.05, 0) is 31.2 Å². The average molecular weight is 262 g/mol. The van der Waals surface area contributed by atoms with Gasteiger partial charge in [-0.2, -0.15) is 0 Å². The normalized spacial score (nSPS) is 16.1. The van der Waals surface area contributed by atoms with Gasteiger partial charge in [-0.15, -0.1) is 0 Å². The number of benzene rings is 1. The van der Waals surface area contributed by atoms with Crippen molar-refractivity contribution in [3.05, 3.63) is 35.4 Å². The van der Waals surface area contributed by atoms with Crippen LogP contribution in [0.2, 0.25) is 0 Å². The van der Waals surface area contributed by atoms with E-state index in [1.54, 1.807) is 0 Å². The molecule has 1 aromatic rings. The minimum absolute atomic E-state index is 0.00898. The second kappa shape index (κ2) is 5.48. The molecule has 0 aliphatic heterocycles. The molecule has 1 aliphatic carbocycles. The van der Waals surface area contributed by atoms with Crippen LogP contribution in [0.25, 0.3) is 0 Å². The predicted molar refractivity (Wildman–Crippen MR) is 76.3 cm³/mol. The van der Waals surface area contributed by atoms with Crippen LogP contribution in [0.15, 0.2) is 24.3 Å². The SMILES string of the molecule is Cc1cccc(CC(=O)NC(C(N)=S)C2CC2)c1. The Labute approximate surface area is 113 Å².